The normalized spacial score (nSPS) is 10.1. The fourth-order valence-corrected chi connectivity index (χ4v) is 1.86. The van der Waals surface area contributed by atoms with Gasteiger partial charge in [0.2, 0.25) is 0 Å². The van der Waals surface area contributed by atoms with Gasteiger partial charge >= 0.3 is 0 Å². The lowest BCUT2D eigenvalue weighted by molar-refractivity contribution is 0.415. The molecule has 2 rings (SSSR count). The highest BCUT2D eigenvalue weighted by molar-refractivity contribution is 7.09. The molecule has 2 aromatic rings. The van der Waals surface area contributed by atoms with E-state index < -0.39 is 0 Å². The molecule has 0 amide bonds. The zero-order valence-corrected chi connectivity index (χ0v) is 8.54. The molecule has 3 nitrogen and oxygen atoms in total. The van der Waals surface area contributed by atoms with Crippen molar-refractivity contribution in [1.29, 1.82) is 0 Å². The van der Waals surface area contributed by atoms with E-state index in [4.69, 9.17) is 10.5 Å². The van der Waals surface area contributed by atoms with Crippen LogP contribution >= 0.6 is 11.5 Å². The summed E-state index contributed by atoms with van der Waals surface area (Å²) < 4.78 is 9.16. The molecular weight excluding hydrogens is 196 g/mol. The van der Waals surface area contributed by atoms with Crippen LogP contribution in [0.5, 0.6) is 5.75 Å². The average molecular weight is 206 g/mol. The molecule has 14 heavy (non-hydrogen) atoms. The third kappa shape index (κ3) is 1.70. The minimum absolute atomic E-state index is 0.563. The molecule has 72 valence electrons. The van der Waals surface area contributed by atoms with Gasteiger partial charge in [-0.05, 0) is 29.2 Å². The van der Waals surface area contributed by atoms with Crippen LogP contribution in [0, 0.1) is 0 Å². The Labute approximate surface area is 86.3 Å². The van der Waals surface area contributed by atoms with E-state index in [0.29, 0.717) is 5.82 Å². The molecule has 0 aliphatic rings. The number of anilines is 1. The van der Waals surface area contributed by atoms with Gasteiger partial charge in [-0.3, -0.25) is 0 Å². The largest absolute Gasteiger partial charge is 0.497 e. The van der Waals surface area contributed by atoms with Crippen LogP contribution < -0.4 is 10.5 Å². The summed E-state index contributed by atoms with van der Waals surface area (Å²) in [4.78, 5) is 1.06. The number of nitrogen functional groups attached to an aromatic ring is 1. The highest BCUT2D eigenvalue weighted by atomic mass is 32.1. The Morgan fingerprint density at radius 3 is 2.86 bits per heavy atom. The van der Waals surface area contributed by atoms with Gasteiger partial charge in [-0.1, -0.05) is 12.1 Å². The van der Waals surface area contributed by atoms with Crippen LogP contribution in [-0.4, -0.2) is 11.5 Å². The maximum atomic E-state index is 5.55. The van der Waals surface area contributed by atoms with Crippen LogP contribution in [0.1, 0.15) is 0 Å². The molecule has 4 heteroatoms. The van der Waals surface area contributed by atoms with Crippen LogP contribution in [-0.2, 0) is 0 Å². The SMILES string of the molecule is COc1cccc(-c2cc(N)ns2)c1. The van der Waals surface area contributed by atoms with Crippen molar-refractivity contribution in [2.24, 2.45) is 0 Å². The first-order chi connectivity index (χ1) is 6.79. The molecule has 0 saturated carbocycles. The van der Waals surface area contributed by atoms with Crippen LogP contribution in [0.25, 0.3) is 10.4 Å². The van der Waals surface area contributed by atoms with Gasteiger partial charge in [0.05, 0.1) is 12.0 Å². The zero-order valence-electron chi connectivity index (χ0n) is 7.73. The lowest BCUT2D eigenvalue weighted by Gasteiger charge is -2.00. The second-order valence-corrected chi connectivity index (χ2v) is 3.65. The van der Waals surface area contributed by atoms with Crippen molar-refractivity contribution in [3.63, 3.8) is 0 Å². The van der Waals surface area contributed by atoms with Crippen molar-refractivity contribution in [1.82, 2.24) is 4.37 Å². The van der Waals surface area contributed by atoms with Crippen LogP contribution in [0.4, 0.5) is 5.82 Å². The van der Waals surface area contributed by atoms with Gasteiger partial charge in [-0.2, -0.15) is 4.37 Å². The topological polar surface area (TPSA) is 48.1 Å². The van der Waals surface area contributed by atoms with Crippen molar-refractivity contribution in [3.05, 3.63) is 30.3 Å². The van der Waals surface area contributed by atoms with Crippen molar-refractivity contribution in [2.45, 2.75) is 0 Å². The second kappa shape index (κ2) is 3.67. The summed E-state index contributed by atoms with van der Waals surface area (Å²) >= 11 is 1.39. The molecule has 1 aromatic heterocycles. The van der Waals surface area contributed by atoms with Gasteiger partial charge in [0.15, 0.2) is 0 Å². The molecule has 0 atom stereocenters. The van der Waals surface area contributed by atoms with Gasteiger partial charge in [-0.15, -0.1) is 0 Å². The Morgan fingerprint density at radius 1 is 1.36 bits per heavy atom. The van der Waals surface area contributed by atoms with Crippen molar-refractivity contribution >= 4 is 17.4 Å². The maximum Gasteiger partial charge on any atom is 0.137 e. The summed E-state index contributed by atoms with van der Waals surface area (Å²) in [5.41, 5.74) is 6.64. The monoisotopic (exact) mass is 206 g/mol. The smallest absolute Gasteiger partial charge is 0.137 e. The number of rotatable bonds is 2. The van der Waals surface area contributed by atoms with E-state index >= 15 is 0 Å². The fourth-order valence-electron chi connectivity index (χ4n) is 1.20. The number of nitrogens with two attached hydrogens (primary N) is 1. The van der Waals surface area contributed by atoms with Crippen molar-refractivity contribution in [3.8, 4) is 16.2 Å². The van der Waals surface area contributed by atoms with E-state index in [-0.39, 0.29) is 0 Å². The number of nitrogens with zero attached hydrogens (tertiary/aromatic N) is 1. The van der Waals surface area contributed by atoms with Gasteiger partial charge < -0.3 is 10.5 Å². The lowest BCUT2D eigenvalue weighted by Crippen LogP contribution is -1.82. The molecule has 0 aliphatic carbocycles. The van der Waals surface area contributed by atoms with Crippen molar-refractivity contribution in [2.75, 3.05) is 12.8 Å². The van der Waals surface area contributed by atoms with Crippen LogP contribution in [0.15, 0.2) is 30.3 Å². The summed E-state index contributed by atoms with van der Waals surface area (Å²) in [6.07, 6.45) is 0. The minimum atomic E-state index is 0.563. The molecular formula is C10H10N2OS. The summed E-state index contributed by atoms with van der Waals surface area (Å²) in [5.74, 6) is 1.40. The predicted molar refractivity (Wildman–Crippen MR) is 58.5 cm³/mol. The van der Waals surface area contributed by atoms with E-state index in [1.807, 2.05) is 30.3 Å². The Balaban J connectivity index is 2.41. The second-order valence-electron chi connectivity index (χ2n) is 2.85. The summed E-state index contributed by atoms with van der Waals surface area (Å²) in [6, 6.07) is 9.69. The van der Waals surface area contributed by atoms with E-state index in [1.54, 1.807) is 7.11 Å². The molecule has 1 heterocycles. The predicted octanol–water partition coefficient (Wildman–Crippen LogP) is 2.40. The Hall–Kier alpha value is -1.55. The molecule has 0 unspecified atom stereocenters. The summed E-state index contributed by atoms with van der Waals surface area (Å²) in [6.45, 7) is 0. The summed E-state index contributed by atoms with van der Waals surface area (Å²) in [7, 11) is 1.65. The first-order valence-electron chi connectivity index (χ1n) is 4.16. The van der Waals surface area contributed by atoms with Gasteiger partial charge in [0.1, 0.15) is 11.6 Å². The quantitative estimate of drug-likeness (QED) is 0.820. The maximum absolute atomic E-state index is 5.55. The number of hydrogen-bond donors (Lipinski definition) is 1. The zero-order chi connectivity index (χ0) is 9.97. The third-order valence-electron chi connectivity index (χ3n) is 1.88. The van der Waals surface area contributed by atoms with E-state index in [9.17, 15) is 0 Å². The molecule has 0 bridgehead atoms. The molecule has 0 saturated heterocycles. The first-order valence-corrected chi connectivity index (χ1v) is 4.93. The van der Waals surface area contributed by atoms with E-state index in [1.165, 1.54) is 11.5 Å². The molecule has 0 aliphatic heterocycles. The van der Waals surface area contributed by atoms with Crippen LogP contribution in [0.2, 0.25) is 0 Å². The minimum Gasteiger partial charge on any atom is -0.497 e. The molecule has 0 spiro atoms. The van der Waals surface area contributed by atoms with E-state index in [2.05, 4.69) is 4.37 Å². The first kappa shape index (κ1) is 9.02. The number of ether oxygens (including phenoxy) is 1. The van der Waals surface area contributed by atoms with E-state index in [0.717, 1.165) is 16.2 Å². The number of aromatic nitrogens is 1. The summed E-state index contributed by atoms with van der Waals surface area (Å²) in [5, 5.41) is 0. The van der Waals surface area contributed by atoms with Crippen LogP contribution in [0.3, 0.4) is 0 Å². The third-order valence-corrected chi connectivity index (χ3v) is 2.73. The number of benzene rings is 1. The highest BCUT2D eigenvalue weighted by Crippen LogP contribution is 2.28. The number of methoxy groups -OCH3 is 1. The highest BCUT2D eigenvalue weighted by Gasteiger charge is 2.02. The van der Waals surface area contributed by atoms with Gasteiger partial charge in [-0.25, -0.2) is 0 Å². The molecule has 2 N–H and O–H groups in total. The van der Waals surface area contributed by atoms with Gasteiger partial charge in [0.25, 0.3) is 0 Å². The number of hydrogen-bond acceptors (Lipinski definition) is 4. The van der Waals surface area contributed by atoms with Crippen molar-refractivity contribution < 1.29 is 4.74 Å². The standard InChI is InChI=1S/C10H10N2OS/c1-13-8-4-2-3-7(5-8)9-6-10(11)12-14-9/h2-6H,1H3,(H2,11,12). The van der Waals surface area contributed by atoms with Gasteiger partial charge in [0, 0.05) is 6.07 Å². The Bertz CT molecular complexity index is 439. The fraction of sp³-hybridized carbons (Fsp3) is 0.100. The Kier molecular flexibility index (Phi) is 2.37. The molecule has 0 fully saturated rings. The lowest BCUT2D eigenvalue weighted by atomic mass is 10.2. The molecule has 1 aromatic carbocycles. The Morgan fingerprint density at radius 2 is 2.21 bits per heavy atom. The molecule has 0 radical (unpaired) electrons. The average Bonchev–Trinajstić information content (AvgIpc) is 2.65.